The van der Waals surface area contributed by atoms with Gasteiger partial charge in [-0.3, -0.25) is 9.59 Å². The predicted octanol–water partition coefficient (Wildman–Crippen LogP) is 3.94. The molecule has 5 rings (SSSR count). The topological polar surface area (TPSA) is 73.1 Å². The fraction of sp³-hybridized carbons (Fsp3) is 0.727. The molecule has 0 bridgehead atoms. The van der Waals surface area contributed by atoms with Crippen LogP contribution in [0.2, 0.25) is 0 Å². The molecule has 144 valence electrons. The summed E-state index contributed by atoms with van der Waals surface area (Å²) >= 11 is 0. The van der Waals surface area contributed by atoms with Crippen molar-refractivity contribution in [3.63, 3.8) is 0 Å². The van der Waals surface area contributed by atoms with Gasteiger partial charge in [-0.1, -0.05) is 24.6 Å². The van der Waals surface area contributed by atoms with Gasteiger partial charge in [0.25, 0.3) is 0 Å². The van der Waals surface area contributed by atoms with Gasteiger partial charge in [0.05, 0.1) is 0 Å². The number of fused-ring (bicyclic) bond motifs is 5. The first-order chi connectivity index (χ1) is 12.9. The maximum atomic E-state index is 12.7. The number of carbonyl (C=O) groups excluding carboxylic acids is 2. The molecule has 1 heterocycles. The van der Waals surface area contributed by atoms with E-state index < -0.39 is 0 Å². The lowest BCUT2D eigenvalue weighted by Crippen LogP contribution is -2.51. The van der Waals surface area contributed by atoms with Crippen molar-refractivity contribution >= 4 is 11.6 Å². The second-order valence-electron chi connectivity index (χ2n) is 9.76. The Balaban J connectivity index is 1.45. The average molecular weight is 368 g/mol. The average Bonchev–Trinajstić information content (AvgIpc) is 3.24. The molecule has 0 N–H and O–H groups in total. The minimum Gasteiger partial charge on any atom is -0.340 e. The number of aromatic nitrogens is 2. The fourth-order valence-corrected chi connectivity index (χ4v) is 7.19. The van der Waals surface area contributed by atoms with E-state index in [0.717, 1.165) is 44.9 Å². The Morgan fingerprint density at radius 1 is 1.11 bits per heavy atom. The first-order valence-corrected chi connectivity index (χ1v) is 10.5. The van der Waals surface area contributed by atoms with Crippen LogP contribution in [0.4, 0.5) is 0 Å². The van der Waals surface area contributed by atoms with Gasteiger partial charge in [0.2, 0.25) is 5.89 Å². The van der Waals surface area contributed by atoms with Gasteiger partial charge in [0.1, 0.15) is 5.78 Å². The molecule has 0 radical (unpaired) electrons. The molecule has 27 heavy (non-hydrogen) atoms. The number of nitrogens with zero attached hydrogens (tertiary/aromatic N) is 2. The van der Waals surface area contributed by atoms with Gasteiger partial charge in [0.15, 0.2) is 12.1 Å². The summed E-state index contributed by atoms with van der Waals surface area (Å²) in [5.41, 5.74) is 1.32. The van der Waals surface area contributed by atoms with Crippen molar-refractivity contribution in [1.29, 1.82) is 0 Å². The maximum absolute atomic E-state index is 12.7. The van der Waals surface area contributed by atoms with Gasteiger partial charge in [0, 0.05) is 24.2 Å². The summed E-state index contributed by atoms with van der Waals surface area (Å²) in [6.45, 7) is 4.60. The maximum Gasteiger partial charge on any atom is 0.227 e. The monoisotopic (exact) mass is 368 g/mol. The number of ketones is 2. The molecule has 3 saturated carbocycles. The summed E-state index contributed by atoms with van der Waals surface area (Å²) in [6, 6.07) is 0. The molecule has 0 aromatic carbocycles. The third-order valence-electron chi connectivity index (χ3n) is 8.66. The van der Waals surface area contributed by atoms with E-state index in [9.17, 15) is 9.59 Å². The van der Waals surface area contributed by atoms with E-state index in [1.54, 1.807) is 0 Å². The Morgan fingerprint density at radius 2 is 1.93 bits per heavy atom. The van der Waals surface area contributed by atoms with Crippen molar-refractivity contribution in [3.8, 4) is 0 Å². The van der Waals surface area contributed by atoms with Crippen molar-refractivity contribution in [2.24, 2.45) is 34.5 Å². The first kappa shape index (κ1) is 17.3. The van der Waals surface area contributed by atoms with Gasteiger partial charge < -0.3 is 4.52 Å². The molecule has 3 fully saturated rings. The molecule has 6 unspecified atom stereocenters. The van der Waals surface area contributed by atoms with E-state index in [1.165, 1.54) is 11.9 Å². The van der Waals surface area contributed by atoms with Gasteiger partial charge in [-0.2, -0.15) is 4.98 Å². The van der Waals surface area contributed by atoms with Gasteiger partial charge in [-0.15, -0.1) is 0 Å². The van der Waals surface area contributed by atoms with E-state index in [2.05, 4.69) is 24.0 Å². The van der Waals surface area contributed by atoms with Crippen molar-refractivity contribution < 1.29 is 14.1 Å². The standard InChI is InChI=1S/C22H28N2O3/c1-21-8-7-17-15(16(21)5-6-19(21)26)4-3-14-10-18(25)13(11-22(14,17)2)9-20-23-12-24-27-20/h10,12-13,15-17H,3-9,11H2,1-2H3. The van der Waals surface area contributed by atoms with Crippen molar-refractivity contribution in [2.45, 2.75) is 65.2 Å². The van der Waals surface area contributed by atoms with E-state index in [-0.39, 0.29) is 22.5 Å². The van der Waals surface area contributed by atoms with Crippen LogP contribution in [-0.2, 0) is 16.0 Å². The lowest BCUT2D eigenvalue weighted by molar-refractivity contribution is -0.133. The van der Waals surface area contributed by atoms with Crippen LogP contribution in [-0.4, -0.2) is 21.7 Å². The number of allylic oxidation sites excluding steroid dienone is 1. The molecule has 4 aliphatic carbocycles. The number of Topliss-reactive ketones (excluding diaryl/α,β-unsaturated/α-hetero) is 1. The highest BCUT2D eigenvalue weighted by Gasteiger charge is 2.59. The highest BCUT2D eigenvalue weighted by atomic mass is 16.5. The number of rotatable bonds is 2. The normalized spacial score (nSPS) is 43.7. The third kappa shape index (κ3) is 2.43. The molecular weight excluding hydrogens is 340 g/mol. The van der Waals surface area contributed by atoms with E-state index in [0.29, 0.717) is 35.8 Å². The van der Waals surface area contributed by atoms with Crippen LogP contribution < -0.4 is 0 Å². The zero-order chi connectivity index (χ0) is 18.8. The summed E-state index contributed by atoms with van der Waals surface area (Å²) < 4.78 is 5.17. The molecule has 0 aliphatic heterocycles. The van der Waals surface area contributed by atoms with Crippen molar-refractivity contribution in [3.05, 3.63) is 23.9 Å². The van der Waals surface area contributed by atoms with Crippen LogP contribution in [0.3, 0.4) is 0 Å². The first-order valence-electron chi connectivity index (χ1n) is 10.5. The highest BCUT2D eigenvalue weighted by Crippen LogP contribution is 2.64. The van der Waals surface area contributed by atoms with Crippen molar-refractivity contribution in [1.82, 2.24) is 10.1 Å². The van der Waals surface area contributed by atoms with Gasteiger partial charge in [-0.25, -0.2) is 0 Å². The van der Waals surface area contributed by atoms with Crippen LogP contribution in [0, 0.1) is 34.5 Å². The molecule has 5 nitrogen and oxygen atoms in total. The van der Waals surface area contributed by atoms with E-state index >= 15 is 0 Å². The summed E-state index contributed by atoms with van der Waals surface area (Å²) in [6.07, 6.45) is 10.9. The van der Waals surface area contributed by atoms with Gasteiger partial charge >= 0.3 is 0 Å². The zero-order valence-electron chi connectivity index (χ0n) is 16.2. The van der Waals surface area contributed by atoms with Crippen LogP contribution in [0.25, 0.3) is 0 Å². The summed E-state index contributed by atoms with van der Waals surface area (Å²) in [4.78, 5) is 29.4. The summed E-state index contributed by atoms with van der Waals surface area (Å²) in [5.74, 6) is 2.93. The molecular formula is C22H28N2O3. The van der Waals surface area contributed by atoms with Crippen LogP contribution in [0.1, 0.15) is 64.7 Å². The number of carbonyl (C=O) groups is 2. The fourth-order valence-electron chi connectivity index (χ4n) is 7.19. The SMILES string of the molecule is CC12CCC3C(CCC4=CC(=O)C(Cc5ncno5)CC43C)C1CCC2=O. The Hall–Kier alpha value is -1.78. The Morgan fingerprint density at radius 3 is 2.70 bits per heavy atom. The van der Waals surface area contributed by atoms with Gasteiger partial charge in [-0.05, 0) is 67.8 Å². The molecule has 1 aromatic heterocycles. The molecule has 5 heteroatoms. The minimum atomic E-state index is -0.0909. The molecule has 4 aliphatic rings. The van der Waals surface area contributed by atoms with Crippen molar-refractivity contribution in [2.75, 3.05) is 0 Å². The summed E-state index contributed by atoms with van der Waals surface area (Å²) in [5, 5.41) is 3.68. The lowest BCUT2D eigenvalue weighted by Gasteiger charge is -2.57. The minimum absolute atomic E-state index is 0.0640. The van der Waals surface area contributed by atoms with Crippen LogP contribution >= 0.6 is 0 Å². The van der Waals surface area contributed by atoms with E-state index in [1.807, 2.05) is 6.08 Å². The van der Waals surface area contributed by atoms with Crippen LogP contribution in [0.5, 0.6) is 0 Å². The Bertz CT molecular complexity index is 814. The largest absolute Gasteiger partial charge is 0.340 e. The smallest absolute Gasteiger partial charge is 0.227 e. The molecule has 0 amide bonds. The number of hydrogen-bond donors (Lipinski definition) is 0. The quantitative estimate of drug-likeness (QED) is 0.790. The highest BCUT2D eigenvalue weighted by molar-refractivity contribution is 5.94. The predicted molar refractivity (Wildman–Crippen MR) is 98.6 cm³/mol. The lowest BCUT2D eigenvalue weighted by atomic mass is 9.46. The summed E-state index contributed by atoms with van der Waals surface area (Å²) in [7, 11) is 0. The van der Waals surface area contributed by atoms with Crippen LogP contribution in [0.15, 0.2) is 22.5 Å². The zero-order valence-corrected chi connectivity index (χ0v) is 16.2. The molecule has 1 aromatic rings. The second kappa shape index (κ2) is 5.86. The Kier molecular flexibility index (Phi) is 3.76. The third-order valence-corrected chi connectivity index (χ3v) is 8.66. The van der Waals surface area contributed by atoms with E-state index in [4.69, 9.17) is 4.52 Å². The molecule has 0 spiro atoms. The second-order valence-corrected chi connectivity index (χ2v) is 9.76. The molecule has 6 atom stereocenters. The number of hydrogen-bond acceptors (Lipinski definition) is 5. The Labute approximate surface area is 160 Å². The molecule has 0 saturated heterocycles.